The average Bonchev–Trinajstić information content (AvgIpc) is 3.78. The highest BCUT2D eigenvalue weighted by atomic mass is 33.1. The van der Waals surface area contributed by atoms with Crippen molar-refractivity contribution in [1.29, 1.82) is 0 Å². The van der Waals surface area contributed by atoms with Crippen LogP contribution in [0.3, 0.4) is 0 Å². The number of amides is 10. The summed E-state index contributed by atoms with van der Waals surface area (Å²) in [6, 6.07) is -4.35. The van der Waals surface area contributed by atoms with E-state index in [1.807, 2.05) is 13.8 Å². The maximum Gasteiger partial charge on any atom is 0.246 e. The van der Waals surface area contributed by atoms with Crippen LogP contribution in [0.15, 0.2) is 24.3 Å². The number of likely N-dealkylation sites (tertiary alicyclic amines) is 1. The van der Waals surface area contributed by atoms with Gasteiger partial charge in [0.2, 0.25) is 59.1 Å². The summed E-state index contributed by atoms with van der Waals surface area (Å²) < 4.78 is -1.13. The Morgan fingerprint density at radius 2 is 1.41 bits per heavy atom. The summed E-state index contributed by atoms with van der Waals surface area (Å²) in [4.78, 5) is 138. The van der Waals surface area contributed by atoms with Gasteiger partial charge in [0.1, 0.15) is 48.0 Å². The number of hydrogen-bond acceptors (Lipinski definition) is 14. The zero-order valence-corrected chi connectivity index (χ0v) is 42.9. The average molecular weight is 1020 g/mol. The zero-order valence-electron chi connectivity index (χ0n) is 41.3. The monoisotopic (exact) mass is 1020 g/mol. The molecule has 0 saturated carbocycles. The number of nitrogens with one attached hydrogen (secondary N) is 7. The number of phenols is 1. The normalized spacial score (nSPS) is 25.0. The third-order valence-corrected chi connectivity index (χ3v) is 15.3. The third-order valence-electron chi connectivity index (χ3n) is 12.0. The lowest BCUT2D eigenvalue weighted by Crippen LogP contribution is -2.62. The maximum atomic E-state index is 14.7. The molecule has 10 amide bonds. The van der Waals surface area contributed by atoms with E-state index in [1.165, 1.54) is 17.0 Å². The van der Waals surface area contributed by atoms with Crippen LogP contribution in [0.1, 0.15) is 99.5 Å². The van der Waals surface area contributed by atoms with Crippen LogP contribution in [0, 0.1) is 17.8 Å². The molecule has 1 aromatic carbocycles. The number of carbonyl (C=O) groups excluding carboxylic acids is 10. The van der Waals surface area contributed by atoms with Crippen molar-refractivity contribution < 1.29 is 53.1 Å². The summed E-state index contributed by atoms with van der Waals surface area (Å²) in [6.45, 7) is 13.7. The van der Waals surface area contributed by atoms with Gasteiger partial charge in [-0.15, -0.1) is 0 Å². The van der Waals surface area contributed by atoms with E-state index in [2.05, 4.69) is 37.2 Å². The van der Waals surface area contributed by atoms with Crippen LogP contribution in [0.25, 0.3) is 0 Å². The molecule has 2 unspecified atom stereocenters. The minimum absolute atomic E-state index is 0.0219. The van der Waals surface area contributed by atoms with Crippen molar-refractivity contribution in [2.75, 3.05) is 18.8 Å². The Hall–Kier alpha value is -5.62. The highest BCUT2D eigenvalue weighted by Gasteiger charge is 2.42. The van der Waals surface area contributed by atoms with Gasteiger partial charge in [-0.1, -0.05) is 81.7 Å². The molecular weight excluding hydrogens is 947 g/mol. The molecule has 0 bridgehead atoms. The van der Waals surface area contributed by atoms with Crippen molar-refractivity contribution in [1.82, 2.24) is 42.1 Å². The summed E-state index contributed by atoms with van der Waals surface area (Å²) in [6.07, 6.45) is 0.438. The van der Waals surface area contributed by atoms with Gasteiger partial charge in [0.15, 0.2) is 0 Å². The van der Waals surface area contributed by atoms with Gasteiger partial charge >= 0.3 is 0 Å². The van der Waals surface area contributed by atoms with E-state index in [1.54, 1.807) is 53.7 Å². The van der Waals surface area contributed by atoms with Crippen molar-refractivity contribution in [2.45, 2.75) is 153 Å². The molecule has 0 radical (unpaired) electrons. The van der Waals surface area contributed by atoms with E-state index in [0.29, 0.717) is 18.4 Å². The van der Waals surface area contributed by atoms with Crippen molar-refractivity contribution in [3.8, 4) is 5.75 Å². The molecule has 3 rings (SSSR count). The zero-order chi connectivity index (χ0) is 52.6. The molecule has 22 nitrogen and oxygen atoms in total. The van der Waals surface area contributed by atoms with E-state index in [9.17, 15) is 53.1 Å². The second-order valence-electron chi connectivity index (χ2n) is 19.3. The molecule has 0 aliphatic carbocycles. The SMILES string of the molecule is CC[C@H](C)C1NC(=O)[C@H](Cc2ccc(O)cc2)NC(=O)[C@@H](N)C(C)(C)SSC[C@@H](C(=O)N2CCCC2C(=O)N[C@@H](CC(C)C)C(=O)NCC(N)=O)NC(=O)[C@H](CC(N)=O)NC(=O)[C@H](CC(C)C)NC1=O. The molecule has 2 saturated heterocycles. The van der Waals surface area contributed by atoms with Crippen molar-refractivity contribution in [3.63, 3.8) is 0 Å². The Labute approximate surface area is 417 Å². The summed E-state index contributed by atoms with van der Waals surface area (Å²) in [5, 5.41) is 28.5. The van der Waals surface area contributed by atoms with E-state index in [0.717, 1.165) is 21.6 Å². The fourth-order valence-electron chi connectivity index (χ4n) is 7.78. The Kier molecular flexibility index (Phi) is 22.7. The highest BCUT2D eigenvalue weighted by Crippen LogP contribution is 2.38. The molecule has 2 aliphatic rings. The summed E-state index contributed by atoms with van der Waals surface area (Å²) in [5.41, 5.74) is 18.0. The molecule has 390 valence electrons. The molecule has 0 aromatic heterocycles. The summed E-state index contributed by atoms with van der Waals surface area (Å²) in [5.74, 6) is -8.82. The second-order valence-corrected chi connectivity index (χ2v) is 22.3. The minimum atomic E-state index is -1.65. The first-order valence-electron chi connectivity index (χ1n) is 23.6. The van der Waals surface area contributed by atoms with Crippen LogP contribution in [-0.4, -0.2) is 141 Å². The fourth-order valence-corrected chi connectivity index (χ4v) is 10.6. The number of benzene rings is 1. The molecule has 70 heavy (non-hydrogen) atoms. The van der Waals surface area contributed by atoms with E-state index in [-0.39, 0.29) is 55.6 Å². The van der Waals surface area contributed by atoms with Crippen LogP contribution in [0.5, 0.6) is 5.75 Å². The molecular formula is C46H73N11O11S2. The molecule has 0 spiro atoms. The van der Waals surface area contributed by atoms with Crippen LogP contribution in [0.2, 0.25) is 0 Å². The largest absolute Gasteiger partial charge is 0.508 e. The first kappa shape index (κ1) is 58.7. The molecule has 2 aliphatic heterocycles. The lowest BCUT2D eigenvalue weighted by Gasteiger charge is -2.33. The van der Waals surface area contributed by atoms with Gasteiger partial charge in [0, 0.05) is 23.5 Å². The Balaban J connectivity index is 2.10. The van der Waals surface area contributed by atoms with E-state index < -0.39 is 131 Å². The second kappa shape index (κ2) is 27.1. The lowest BCUT2D eigenvalue weighted by molar-refractivity contribution is -0.142. The van der Waals surface area contributed by atoms with Crippen LogP contribution < -0.4 is 54.4 Å². The Morgan fingerprint density at radius 1 is 0.814 bits per heavy atom. The van der Waals surface area contributed by atoms with Gasteiger partial charge in [0.05, 0.1) is 19.0 Å². The number of phenolic OH excluding ortho intramolecular Hbond substituents is 1. The highest BCUT2D eigenvalue weighted by molar-refractivity contribution is 8.77. The van der Waals surface area contributed by atoms with Crippen LogP contribution >= 0.6 is 21.6 Å². The predicted molar refractivity (Wildman–Crippen MR) is 265 cm³/mol. The quantitative estimate of drug-likeness (QED) is 0.0881. The van der Waals surface area contributed by atoms with E-state index in [4.69, 9.17) is 17.2 Å². The van der Waals surface area contributed by atoms with Gasteiger partial charge < -0.3 is 64.4 Å². The molecule has 1 aromatic rings. The molecule has 14 N–H and O–H groups in total. The Morgan fingerprint density at radius 3 is 2.00 bits per heavy atom. The van der Waals surface area contributed by atoms with Crippen molar-refractivity contribution >= 4 is 80.7 Å². The predicted octanol–water partition coefficient (Wildman–Crippen LogP) is -1.05. The van der Waals surface area contributed by atoms with Crippen LogP contribution in [-0.2, 0) is 54.4 Å². The number of nitrogens with zero attached hydrogens (tertiary/aromatic N) is 1. The topological polar surface area (TPSA) is 356 Å². The maximum absolute atomic E-state index is 14.7. The standard InChI is InChI=1S/C46H73N11O11S2/c1-9-25(6)36-43(66)53-29(18-24(4)5)39(62)51-31(20-34(47)59)40(63)55-32(45(68)57-16-10-11-33(57)42(65)52-28(17-23(2)3)38(61)50-21-35(48)60)22-69-70-46(7,8)37(49)44(67)54-30(41(64)56-36)19-26-12-14-27(58)15-13-26/h12-15,23-25,28-33,36-37,58H,9-11,16-22,49H2,1-8H3,(H2,47,59)(H2,48,60)(H,50,61)(H,51,62)(H,52,65)(H,53,66)(H,54,67)(H,55,63)(H,56,64)/t25-,28-,29-,30-,31-,32-,33?,36?,37+/m0/s1. The summed E-state index contributed by atoms with van der Waals surface area (Å²) in [7, 11) is 2.16. The van der Waals surface area contributed by atoms with Gasteiger partial charge in [-0.25, -0.2) is 0 Å². The number of nitrogens with two attached hydrogens (primary N) is 3. The first-order chi connectivity index (χ1) is 32.7. The Bertz CT molecular complexity index is 2060. The third kappa shape index (κ3) is 18.0. The van der Waals surface area contributed by atoms with Gasteiger partial charge in [-0.2, -0.15) is 0 Å². The number of aromatic hydroxyl groups is 1. The fraction of sp³-hybridized carbons (Fsp3) is 0.652. The minimum Gasteiger partial charge on any atom is -0.508 e. The smallest absolute Gasteiger partial charge is 0.246 e. The van der Waals surface area contributed by atoms with Crippen LogP contribution in [0.4, 0.5) is 0 Å². The van der Waals surface area contributed by atoms with Gasteiger partial charge in [-0.3, -0.25) is 47.9 Å². The van der Waals surface area contributed by atoms with E-state index >= 15 is 0 Å². The number of hydrogen-bond donors (Lipinski definition) is 11. The number of carbonyl (C=O) groups is 10. The number of primary amides is 2. The molecule has 24 heteroatoms. The van der Waals surface area contributed by atoms with Crippen molar-refractivity contribution in [3.05, 3.63) is 29.8 Å². The first-order valence-corrected chi connectivity index (χ1v) is 25.9. The lowest BCUT2D eigenvalue weighted by atomic mass is 9.95. The summed E-state index contributed by atoms with van der Waals surface area (Å²) >= 11 is 0. The molecule has 2 heterocycles. The van der Waals surface area contributed by atoms with Crippen molar-refractivity contribution in [2.24, 2.45) is 35.0 Å². The number of rotatable bonds is 16. The molecule has 2 fully saturated rings. The van der Waals surface area contributed by atoms with Gasteiger partial charge in [-0.05, 0) is 75.0 Å². The molecule has 9 atom stereocenters. The van der Waals surface area contributed by atoms with Gasteiger partial charge in [0.25, 0.3) is 0 Å².